The molecule has 0 saturated heterocycles. The first-order chi connectivity index (χ1) is 39.2. The molecule has 80 heavy (non-hydrogen) atoms. The largest absolute Gasteiger partial charge is 0.310 e. The molecule has 0 amide bonds. The van der Waals surface area contributed by atoms with Crippen molar-refractivity contribution in [1.82, 2.24) is 0 Å². The molecule has 0 radical (unpaired) electrons. The van der Waals surface area contributed by atoms with Crippen LogP contribution in [0.1, 0.15) is 110 Å². The zero-order chi connectivity index (χ0) is 55.8. The summed E-state index contributed by atoms with van der Waals surface area (Å²) in [5.41, 5.74) is 28.4. The van der Waals surface area contributed by atoms with Gasteiger partial charge in [0.05, 0.1) is 16.8 Å². The van der Waals surface area contributed by atoms with Crippen molar-refractivity contribution in [2.45, 2.75) is 86.0 Å². The van der Waals surface area contributed by atoms with Gasteiger partial charge in [-0.1, -0.05) is 234 Å². The summed E-state index contributed by atoms with van der Waals surface area (Å²) in [5, 5.41) is 0. The average molecular weight is 1040 g/mol. The summed E-state index contributed by atoms with van der Waals surface area (Å²) in [7, 11) is 0. The molecule has 8 aromatic rings. The van der Waals surface area contributed by atoms with Gasteiger partial charge in [0.25, 0.3) is 0 Å². The zero-order valence-corrected chi connectivity index (χ0v) is 47.9. The first-order valence-electron chi connectivity index (χ1n) is 28.8. The van der Waals surface area contributed by atoms with E-state index < -0.39 is 0 Å². The Balaban J connectivity index is 0.000000737. The molecule has 0 saturated carbocycles. The van der Waals surface area contributed by atoms with Gasteiger partial charge in [-0.05, 0) is 191 Å². The molecule has 2 nitrogen and oxygen atoms in total. The number of fused-ring (bicyclic) bond motifs is 9. The highest BCUT2D eigenvalue weighted by Crippen LogP contribution is 2.63. The number of anilines is 3. The maximum absolute atomic E-state index is 5.77. The Hall–Kier alpha value is -8.85. The van der Waals surface area contributed by atoms with Gasteiger partial charge in [0.15, 0.2) is 0 Å². The summed E-state index contributed by atoms with van der Waals surface area (Å²) in [6, 6.07) is 70.7. The van der Waals surface area contributed by atoms with Crippen molar-refractivity contribution in [2.75, 3.05) is 4.90 Å². The molecule has 1 atom stereocenters. The lowest BCUT2D eigenvalue weighted by atomic mass is 9.69. The monoisotopic (exact) mass is 1040 g/mol. The molecule has 8 aromatic carbocycles. The lowest BCUT2D eigenvalue weighted by Gasteiger charge is -2.32. The van der Waals surface area contributed by atoms with Crippen LogP contribution in [-0.2, 0) is 5.41 Å². The fourth-order valence-electron chi connectivity index (χ4n) is 12.2. The minimum Gasteiger partial charge on any atom is -0.310 e. The van der Waals surface area contributed by atoms with Crippen LogP contribution in [0.4, 0.5) is 17.1 Å². The van der Waals surface area contributed by atoms with E-state index in [0.29, 0.717) is 0 Å². The Morgan fingerprint density at radius 3 is 1.82 bits per heavy atom. The zero-order valence-electron chi connectivity index (χ0n) is 47.9. The van der Waals surface area contributed by atoms with Gasteiger partial charge in [-0.15, -0.1) is 0 Å². The van der Waals surface area contributed by atoms with E-state index in [9.17, 15) is 0 Å². The molecule has 0 bridgehead atoms. The van der Waals surface area contributed by atoms with Gasteiger partial charge in [-0.2, -0.15) is 0 Å². The highest BCUT2D eigenvalue weighted by Gasteiger charge is 2.52. The Kier molecular flexibility index (Phi) is 16.7. The number of hydrogen-bond acceptors (Lipinski definition) is 2. The Labute approximate surface area is 477 Å². The van der Waals surface area contributed by atoms with Crippen molar-refractivity contribution in [1.29, 1.82) is 0 Å². The number of benzene rings is 8. The molecule has 1 unspecified atom stereocenters. The van der Waals surface area contributed by atoms with Crippen LogP contribution in [0, 0.1) is 20.8 Å². The summed E-state index contributed by atoms with van der Waals surface area (Å²) in [6.45, 7) is 24.0. The third-order valence-electron chi connectivity index (χ3n) is 16.1. The van der Waals surface area contributed by atoms with Crippen LogP contribution in [0.25, 0.3) is 39.0 Å². The summed E-state index contributed by atoms with van der Waals surface area (Å²) >= 11 is 0. The SMILES string of the molecule is C=C/C(C)=C(N=C(C(=C)c1ccc(N(c2ccccc2)c2ccc(C)c(-c3ccccc3C)c2)cc1)C1=CC=CCC1)\C(=C/CC)c1ccc2c(c1)-c1ccccc1C21C2=C(CCC=C2)c2ccccc21.CC.Cc1ccccc1. The Morgan fingerprint density at radius 2 is 1.16 bits per heavy atom. The molecule has 1 spiro atoms. The third-order valence-corrected chi connectivity index (χ3v) is 16.1. The average Bonchev–Trinajstić information content (AvgIpc) is 4.22. The minimum absolute atomic E-state index is 0.348. The Bertz CT molecular complexity index is 3830. The topological polar surface area (TPSA) is 15.6 Å². The Morgan fingerprint density at radius 1 is 0.575 bits per heavy atom. The fraction of sp³-hybridized carbons (Fsp3) is 0.167. The summed E-state index contributed by atoms with van der Waals surface area (Å²) in [5.74, 6) is 0. The number of nitrogens with zero attached hydrogens (tertiary/aromatic N) is 2. The van der Waals surface area contributed by atoms with Gasteiger partial charge < -0.3 is 4.90 Å². The van der Waals surface area contributed by atoms with E-state index in [-0.39, 0.29) is 5.41 Å². The van der Waals surface area contributed by atoms with Crippen molar-refractivity contribution in [3.63, 3.8) is 0 Å². The molecule has 0 heterocycles. The number of aliphatic imine (C=N–C) groups is 1. The number of rotatable bonds is 12. The maximum Gasteiger partial charge on any atom is 0.0741 e. The molecule has 4 aliphatic rings. The molecule has 0 aromatic heterocycles. The first-order valence-corrected chi connectivity index (χ1v) is 28.8. The quantitative estimate of drug-likeness (QED) is 0.0879. The highest BCUT2D eigenvalue weighted by molar-refractivity contribution is 6.32. The van der Waals surface area contributed by atoms with Gasteiger partial charge in [0.1, 0.15) is 0 Å². The number of allylic oxidation sites excluding steroid dienone is 13. The van der Waals surface area contributed by atoms with Gasteiger partial charge in [0, 0.05) is 28.2 Å². The summed E-state index contributed by atoms with van der Waals surface area (Å²) in [6.07, 6.45) is 20.5. The molecule has 396 valence electrons. The van der Waals surface area contributed by atoms with Crippen molar-refractivity contribution in [3.05, 3.63) is 322 Å². The molecule has 0 aliphatic heterocycles. The van der Waals surface area contributed by atoms with Crippen LogP contribution >= 0.6 is 0 Å². The van der Waals surface area contributed by atoms with E-state index in [1.165, 1.54) is 77.9 Å². The van der Waals surface area contributed by atoms with Crippen molar-refractivity contribution in [3.8, 4) is 22.3 Å². The lowest BCUT2D eigenvalue weighted by molar-refractivity contribution is 0.780. The van der Waals surface area contributed by atoms with Crippen molar-refractivity contribution in [2.24, 2.45) is 4.99 Å². The predicted octanol–water partition coefficient (Wildman–Crippen LogP) is 21.6. The maximum atomic E-state index is 5.77. The van der Waals surface area contributed by atoms with E-state index in [0.717, 1.165) is 88.4 Å². The third kappa shape index (κ3) is 10.4. The fourth-order valence-corrected chi connectivity index (χ4v) is 12.2. The second-order valence-corrected chi connectivity index (χ2v) is 21.0. The molecular weight excluding hydrogens is 965 g/mol. The van der Waals surface area contributed by atoms with Crippen LogP contribution in [0.15, 0.2) is 277 Å². The second-order valence-electron chi connectivity index (χ2n) is 21.0. The van der Waals surface area contributed by atoms with Gasteiger partial charge in [0.2, 0.25) is 0 Å². The molecule has 4 aliphatic carbocycles. The molecule has 0 fully saturated rings. The summed E-state index contributed by atoms with van der Waals surface area (Å²) < 4.78 is 0. The molecule has 0 N–H and O–H groups in total. The van der Waals surface area contributed by atoms with Gasteiger partial charge in [-0.3, -0.25) is 0 Å². The van der Waals surface area contributed by atoms with Crippen molar-refractivity contribution >= 4 is 39.5 Å². The van der Waals surface area contributed by atoms with E-state index >= 15 is 0 Å². The molecule has 2 heteroatoms. The van der Waals surface area contributed by atoms with Gasteiger partial charge >= 0.3 is 0 Å². The number of hydrogen-bond donors (Lipinski definition) is 0. The van der Waals surface area contributed by atoms with E-state index in [2.05, 4.69) is 258 Å². The lowest BCUT2D eigenvalue weighted by Crippen LogP contribution is -2.27. The predicted molar refractivity (Wildman–Crippen MR) is 346 cm³/mol. The standard InChI is InChI=1S/C69H60N2.C7H8.C2H6/c1-7-23-57(52-39-43-66-62(44-52)60-32-19-22-35-65(60)69(66)63-33-20-17-30-58(63)59-31-18-21-34-64(59)69)67(46(3)8-2)70-68(51-25-11-9-12-26-51)49(6)50-37-41-54(42-38-50)71(53-27-13-10-14-28-53)55-40-36-48(5)61(45-55)56-29-16-15-24-47(56)4;1-7-5-3-2-4-6-7;1-2/h8-11,13-17,19-25,27-30,32-45H,2,6-7,12,18,26,31H2,1,3-5H3;2-6H,1H3;1-2H3/b57-23-,67-46+,70-68?;;. The first kappa shape index (κ1) is 54.5. The minimum atomic E-state index is -0.348. The molecule has 12 rings (SSSR count). The number of aryl methyl sites for hydroxylation is 3. The van der Waals surface area contributed by atoms with Crippen molar-refractivity contribution < 1.29 is 0 Å². The highest BCUT2D eigenvalue weighted by atomic mass is 15.1. The van der Waals surface area contributed by atoms with Crippen LogP contribution in [0.2, 0.25) is 0 Å². The van der Waals surface area contributed by atoms with E-state index in [4.69, 9.17) is 11.6 Å². The van der Waals surface area contributed by atoms with E-state index in [1.807, 2.05) is 38.1 Å². The van der Waals surface area contributed by atoms with Crippen LogP contribution in [-0.4, -0.2) is 5.71 Å². The second kappa shape index (κ2) is 24.4. The van der Waals surface area contributed by atoms with Crippen LogP contribution < -0.4 is 4.90 Å². The normalized spacial score (nSPS) is 16.0. The smallest absolute Gasteiger partial charge is 0.0741 e. The molecular formula is C78H74N2. The van der Waals surface area contributed by atoms with Gasteiger partial charge in [-0.25, -0.2) is 4.99 Å². The summed E-state index contributed by atoms with van der Waals surface area (Å²) in [4.78, 5) is 8.11. The number of para-hydroxylation sites is 1. The van der Waals surface area contributed by atoms with Crippen LogP contribution in [0.3, 0.4) is 0 Å². The van der Waals surface area contributed by atoms with Crippen LogP contribution in [0.5, 0.6) is 0 Å². The van der Waals surface area contributed by atoms with E-state index in [1.54, 1.807) is 0 Å².